The Hall–Kier alpha value is -1.84. The van der Waals surface area contributed by atoms with Crippen molar-refractivity contribution in [2.75, 3.05) is 13.2 Å². The van der Waals surface area contributed by atoms with Gasteiger partial charge in [0, 0.05) is 6.92 Å². The highest BCUT2D eigenvalue weighted by molar-refractivity contribution is 5.72. The van der Waals surface area contributed by atoms with Crippen LogP contribution in [0.5, 0.6) is 0 Å². The SMILES string of the molecule is CCOC(=O)CC(C)=CC=CC(C)=CCOC(C)=O. The molecule has 0 aromatic carbocycles. The Bertz CT molecular complexity index is 389. The lowest BCUT2D eigenvalue weighted by atomic mass is 10.2. The van der Waals surface area contributed by atoms with Gasteiger partial charge in [-0.2, -0.15) is 0 Å². The van der Waals surface area contributed by atoms with Crippen LogP contribution in [-0.2, 0) is 19.1 Å². The third-order valence-electron chi connectivity index (χ3n) is 2.16. The Balaban J connectivity index is 4.17. The van der Waals surface area contributed by atoms with E-state index >= 15 is 0 Å². The number of hydrogen-bond acceptors (Lipinski definition) is 4. The summed E-state index contributed by atoms with van der Waals surface area (Å²) in [6.07, 6.45) is 7.72. The largest absolute Gasteiger partial charge is 0.466 e. The number of carbonyl (C=O) groups is 2. The molecule has 0 spiro atoms. The van der Waals surface area contributed by atoms with Gasteiger partial charge in [0.25, 0.3) is 0 Å². The summed E-state index contributed by atoms with van der Waals surface area (Å²) in [5, 5.41) is 0. The highest BCUT2D eigenvalue weighted by Gasteiger charge is 2.00. The molecule has 0 aliphatic rings. The summed E-state index contributed by atoms with van der Waals surface area (Å²) in [7, 11) is 0. The molecular weight excluding hydrogens is 244 g/mol. The van der Waals surface area contributed by atoms with Crippen molar-refractivity contribution in [3.8, 4) is 0 Å². The second-order valence-electron chi connectivity index (χ2n) is 4.10. The van der Waals surface area contributed by atoms with Crippen LogP contribution < -0.4 is 0 Å². The van der Waals surface area contributed by atoms with E-state index in [1.807, 2.05) is 38.2 Å². The van der Waals surface area contributed by atoms with Crippen LogP contribution >= 0.6 is 0 Å². The van der Waals surface area contributed by atoms with E-state index < -0.39 is 0 Å². The summed E-state index contributed by atoms with van der Waals surface area (Å²) in [6, 6.07) is 0. The minimum Gasteiger partial charge on any atom is -0.466 e. The van der Waals surface area contributed by atoms with Gasteiger partial charge in [0.2, 0.25) is 0 Å². The van der Waals surface area contributed by atoms with E-state index in [-0.39, 0.29) is 18.5 Å². The second kappa shape index (κ2) is 10.1. The quantitative estimate of drug-likeness (QED) is 0.525. The summed E-state index contributed by atoms with van der Waals surface area (Å²) in [6.45, 7) is 7.62. The van der Waals surface area contributed by atoms with Gasteiger partial charge in [0.15, 0.2) is 0 Å². The predicted octanol–water partition coefficient (Wildman–Crippen LogP) is 2.95. The normalized spacial score (nSPS) is 12.6. The molecule has 0 saturated carbocycles. The van der Waals surface area contributed by atoms with Crippen LogP contribution in [0.25, 0.3) is 0 Å². The third kappa shape index (κ3) is 11.0. The second-order valence-corrected chi connectivity index (χ2v) is 4.10. The van der Waals surface area contributed by atoms with Gasteiger partial charge in [-0.05, 0) is 26.8 Å². The molecule has 19 heavy (non-hydrogen) atoms. The monoisotopic (exact) mass is 266 g/mol. The first-order chi connectivity index (χ1) is 8.95. The molecule has 0 bridgehead atoms. The lowest BCUT2D eigenvalue weighted by molar-refractivity contribution is -0.142. The van der Waals surface area contributed by atoms with Crippen LogP contribution in [0, 0.1) is 0 Å². The van der Waals surface area contributed by atoms with E-state index in [1.165, 1.54) is 6.92 Å². The van der Waals surface area contributed by atoms with E-state index in [9.17, 15) is 9.59 Å². The number of ether oxygens (including phenoxy) is 2. The first-order valence-electron chi connectivity index (χ1n) is 6.25. The standard InChI is InChI=1S/C15H22O4/c1-5-18-15(17)11-13(3)8-6-7-12(2)9-10-19-14(4)16/h6-9H,5,10-11H2,1-4H3. The molecule has 0 fully saturated rings. The molecular formula is C15H22O4. The van der Waals surface area contributed by atoms with Crippen LogP contribution in [0.3, 0.4) is 0 Å². The van der Waals surface area contributed by atoms with Crippen molar-refractivity contribution in [1.29, 1.82) is 0 Å². The first-order valence-corrected chi connectivity index (χ1v) is 6.25. The smallest absolute Gasteiger partial charge is 0.309 e. The number of allylic oxidation sites excluding steroid dienone is 4. The molecule has 0 radical (unpaired) electrons. The average molecular weight is 266 g/mol. The summed E-state index contributed by atoms with van der Waals surface area (Å²) < 4.78 is 9.65. The zero-order chi connectivity index (χ0) is 14.7. The van der Waals surface area contributed by atoms with E-state index in [0.29, 0.717) is 13.0 Å². The fourth-order valence-electron chi connectivity index (χ4n) is 1.22. The Labute approximate surface area is 114 Å². The Morgan fingerprint density at radius 2 is 1.79 bits per heavy atom. The molecule has 0 aliphatic heterocycles. The molecule has 0 amide bonds. The summed E-state index contributed by atoms with van der Waals surface area (Å²) in [5.41, 5.74) is 1.92. The van der Waals surface area contributed by atoms with Gasteiger partial charge in [-0.3, -0.25) is 9.59 Å². The highest BCUT2D eigenvalue weighted by atomic mass is 16.5. The highest BCUT2D eigenvalue weighted by Crippen LogP contribution is 2.03. The van der Waals surface area contributed by atoms with Crippen LogP contribution in [0.1, 0.15) is 34.1 Å². The molecule has 0 atom stereocenters. The van der Waals surface area contributed by atoms with Gasteiger partial charge in [-0.15, -0.1) is 0 Å². The molecule has 0 heterocycles. The van der Waals surface area contributed by atoms with Crippen molar-refractivity contribution in [2.24, 2.45) is 0 Å². The van der Waals surface area contributed by atoms with Gasteiger partial charge in [0.05, 0.1) is 13.0 Å². The minimum absolute atomic E-state index is 0.216. The zero-order valence-corrected chi connectivity index (χ0v) is 12.1. The summed E-state index contributed by atoms with van der Waals surface area (Å²) >= 11 is 0. The number of esters is 2. The third-order valence-corrected chi connectivity index (χ3v) is 2.16. The topological polar surface area (TPSA) is 52.6 Å². The van der Waals surface area contributed by atoms with Crippen LogP contribution in [0.15, 0.2) is 35.5 Å². The average Bonchev–Trinajstić information content (AvgIpc) is 2.28. The van der Waals surface area contributed by atoms with E-state index in [0.717, 1.165) is 11.1 Å². The van der Waals surface area contributed by atoms with Crippen LogP contribution in [0.4, 0.5) is 0 Å². The molecule has 0 aromatic rings. The summed E-state index contributed by atoms with van der Waals surface area (Å²) in [5.74, 6) is -0.509. The molecule has 0 rings (SSSR count). The molecule has 0 aromatic heterocycles. The molecule has 0 N–H and O–H groups in total. The lowest BCUT2D eigenvalue weighted by Gasteiger charge is -2.00. The fraction of sp³-hybridized carbons (Fsp3) is 0.467. The molecule has 4 heteroatoms. The van der Waals surface area contributed by atoms with E-state index in [4.69, 9.17) is 9.47 Å². The minimum atomic E-state index is -0.293. The number of rotatable bonds is 7. The number of hydrogen-bond donors (Lipinski definition) is 0. The molecule has 4 nitrogen and oxygen atoms in total. The molecule has 0 unspecified atom stereocenters. The summed E-state index contributed by atoms with van der Waals surface area (Å²) in [4.78, 5) is 21.8. The fourth-order valence-corrected chi connectivity index (χ4v) is 1.22. The van der Waals surface area contributed by atoms with Crippen molar-refractivity contribution in [2.45, 2.75) is 34.1 Å². The molecule has 0 aliphatic carbocycles. The van der Waals surface area contributed by atoms with Gasteiger partial charge < -0.3 is 9.47 Å². The zero-order valence-electron chi connectivity index (χ0n) is 12.1. The van der Waals surface area contributed by atoms with Crippen molar-refractivity contribution in [3.05, 3.63) is 35.5 Å². The van der Waals surface area contributed by atoms with Crippen molar-refractivity contribution in [1.82, 2.24) is 0 Å². The Morgan fingerprint density at radius 3 is 2.37 bits per heavy atom. The first kappa shape index (κ1) is 17.2. The Kier molecular flexibility index (Phi) is 9.14. The van der Waals surface area contributed by atoms with Crippen LogP contribution in [0.2, 0.25) is 0 Å². The van der Waals surface area contributed by atoms with Crippen molar-refractivity contribution in [3.63, 3.8) is 0 Å². The maximum atomic E-state index is 11.2. The van der Waals surface area contributed by atoms with Gasteiger partial charge in [0.1, 0.15) is 6.61 Å². The van der Waals surface area contributed by atoms with Gasteiger partial charge in [-0.25, -0.2) is 0 Å². The number of carbonyl (C=O) groups excluding carboxylic acids is 2. The Morgan fingerprint density at radius 1 is 1.11 bits per heavy atom. The maximum absolute atomic E-state index is 11.2. The van der Waals surface area contributed by atoms with Crippen molar-refractivity contribution >= 4 is 11.9 Å². The van der Waals surface area contributed by atoms with Crippen LogP contribution in [-0.4, -0.2) is 25.2 Å². The van der Waals surface area contributed by atoms with Gasteiger partial charge >= 0.3 is 11.9 Å². The molecule has 0 saturated heterocycles. The van der Waals surface area contributed by atoms with E-state index in [1.54, 1.807) is 6.92 Å². The van der Waals surface area contributed by atoms with Crippen molar-refractivity contribution < 1.29 is 19.1 Å². The van der Waals surface area contributed by atoms with E-state index in [2.05, 4.69) is 0 Å². The van der Waals surface area contributed by atoms with Gasteiger partial charge in [-0.1, -0.05) is 29.4 Å². The molecule has 106 valence electrons. The maximum Gasteiger partial charge on any atom is 0.309 e. The lowest BCUT2D eigenvalue weighted by Crippen LogP contribution is -2.03. The predicted molar refractivity (Wildman–Crippen MR) is 74.5 cm³/mol.